The molecule has 0 spiro atoms. The molecular weight excluding hydrogens is 206 g/mol. The highest BCUT2D eigenvalue weighted by Gasteiger charge is 2.32. The molecule has 1 heteroatoms. The number of nitrogens with one attached hydrogen (secondary N) is 1. The molecule has 102 valence electrons. The summed E-state index contributed by atoms with van der Waals surface area (Å²) in [5.74, 6) is 1.72. The molecule has 17 heavy (non-hydrogen) atoms. The normalized spacial score (nSPS) is 30.5. The predicted octanol–water partition coefficient (Wildman–Crippen LogP) is 4.62. The maximum absolute atomic E-state index is 3.91. The Morgan fingerprint density at radius 2 is 1.76 bits per heavy atom. The molecule has 1 aliphatic rings. The van der Waals surface area contributed by atoms with Crippen LogP contribution < -0.4 is 5.32 Å². The first-order valence-electron chi connectivity index (χ1n) is 7.64. The molecular formula is C16H33N. The monoisotopic (exact) mass is 239 g/mol. The summed E-state index contributed by atoms with van der Waals surface area (Å²) in [6.07, 6.45) is 6.72. The highest BCUT2D eigenvalue weighted by atomic mass is 15.0. The Labute approximate surface area is 109 Å². The van der Waals surface area contributed by atoms with E-state index in [1.165, 1.54) is 32.1 Å². The van der Waals surface area contributed by atoms with Crippen LogP contribution in [0.5, 0.6) is 0 Å². The summed E-state index contributed by atoms with van der Waals surface area (Å²) in [5, 5.41) is 3.91. The molecule has 1 rings (SSSR count). The van der Waals surface area contributed by atoms with Crippen molar-refractivity contribution in [3.05, 3.63) is 0 Å². The lowest BCUT2D eigenvalue weighted by molar-refractivity contribution is 0.137. The van der Waals surface area contributed by atoms with Crippen molar-refractivity contribution in [1.29, 1.82) is 0 Å². The van der Waals surface area contributed by atoms with E-state index in [1.807, 2.05) is 0 Å². The van der Waals surface area contributed by atoms with Gasteiger partial charge in [0.2, 0.25) is 0 Å². The molecule has 1 fully saturated rings. The Morgan fingerprint density at radius 1 is 1.18 bits per heavy atom. The highest BCUT2D eigenvalue weighted by Crippen LogP contribution is 2.38. The molecule has 1 N–H and O–H groups in total. The number of hydrogen-bond donors (Lipinski definition) is 1. The van der Waals surface area contributed by atoms with Gasteiger partial charge in [-0.2, -0.15) is 0 Å². The van der Waals surface area contributed by atoms with E-state index in [4.69, 9.17) is 0 Å². The molecule has 1 saturated carbocycles. The Balaban J connectivity index is 2.50. The highest BCUT2D eigenvalue weighted by molar-refractivity contribution is 4.88. The van der Waals surface area contributed by atoms with Crippen molar-refractivity contribution in [3.63, 3.8) is 0 Å². The molecule has 0 aromatic heterocycles. The Morgan fingerprint density at radius 3 is 2.24 bits per heavy atom. The Hall–Kier alpha value is -0.0400. The van der Waals surface area contributed by atoms with Gasteiger partial charge in [-0.15, -0.1) is 0 Å². The summed E-state index contributed by atoms with van der Waals surface area (Å²) in [4.78, 5) is 0. The smallest absolute Gasteiger partial charge is 0.00772 e. The topological polar surface area (TPSA) is 12.0 Å². The van der Waals surface area contributed by atoms with E-state index in [2.05, 4.69) is 46.9 Å². The molecule has 0 bridgehead atoms. The van der Waals surface area contributed by atoms with E-state index in [0.717, 1.165) is 17.9 Å². The van der Waals surface area contributed by atoms with Crippen molar-refractivity contribution in [1.82, 2.24) is 5.32 Å². The fraction of sp³-hybridized carbons (Fsp3) is 1.00. The molecule has 0 heterocycles. The van der Waals surface area contributed by atoms with Gasteiger partial charge in [-0.25, -0.2) is 0 Å². The van der Waals surface area contributed by atoms with Gasteiger partial charge in [0.1, 0.15) is 0 Å². The Kier molecular flexibility index (Phi) is 5.50. The van der Waals surface area contributed by atoms with E-state index in [-0.39, 0.29) is 0 Å². The second kappa shape index (κ2) is 6.22. The minimum atomic E-state index is 0.531. The third-order valence-electron chi connectivity index (χ3n) is 4.64. The van der Waals surface area contributed by atoms with Gasteiger partial charge in [-0.05, 0) is 43.4 Å². The Bertz CT molecular complexity index is 218. The largest absolute Gasteiger partial charge is 0.311 e. The molecule has 0 aliphatic heterocycles. The van der Waals surface area contributed by atoms with Gasteiger partial charge >= 0.3 is 0 Å². The molecule has 0 aromatic carbocycles. The summed E-state index contributed by atoms with van der Waals surface area (Å²) in [6.45, 7) is 14.3. The van der Waals surface area contributed by atoms with E-state index >= 15 is 0 Å². The fourth-order valence-electron chi connectivity index (χ4n) is 3.98. The summed E-state index contributed by atoms with van der Waals surface area (Å²) in [6, 6.07) is 1.42. The van der Waals surface area contributed by atoms with Crippen LogP contribution in [0.4, 0.5) is 0 Å². The van der Waals surface area contributed by atoms with Crippen molar-refractivity contribution in [2.45, 2.75) is 85.7 Å². The lowest BCUT2D eigenvalue weighted by Gasteiger charge is -2.41. The van der Waals surface area contributed by atoms with Gasteiger partial charge in [-0.3, -0.25) is 0 Å². The zero-order chi connectivity index (χ0) is 13.1. The first-order valence-corrected chi connectivity index (χ1v) is 7.64. The average Bonchev–Trinajstić information content (AvgIpc) is 2.15. The van der Waals surface area contributed by atoms with Crippen LogP contribution in [0.1, 0.15) is 73.6 Å². The van der Waals surface area contributed by atoms with Gasteiger partial charge in [0.05, 0.1) is 0 Å². The van der Waals surface area contributed by atoms with E-state index in [1.54, 1.807) is 0 Å². The van der Waals surface area contributed by atoms with Crippen molar-refractivity contribution < 1.29 is 0 Å². The molecule has 0 radical (unpaired) electrons. The maximum Gasteiger partial charge on any atom is 0.00772 e. The molecule has 3 unspecified atom stereocenters. The predicted molar refractivity (Wildman–Crippen MR) is 77.3 cm³/mol. The number of hydrogen-bond acceptors (Lipinski definition) is 1. The number of rotatable bonds is 5. The van der Waals surface area contributed by atoms with Crippen LogP contribution in [0.15, 0.2) is 0 Å². The summed E-state index contributed by atoms with van der Waals surface area (Å²) < 4.78 is 0. The van der Waals surface area contributed by atoms with Crippen molar-refractivity contribution in [3.8, 4) is 0 Å². The third-order valence-corrected chi connectivity index (χ3v) is 4.64. The van der Waals surface area contributed by atoms with E-state index in [0.29, 0.717) is 11.5 Å². The summed E-state index contributed by atoms with van der Waals surface area (Å²) in [5.41, 5.74) is 0.531. The van der Waals surface area contributed by atoms with Crippen LogP contribution in [0, 0.1) is 17.3 Å². The molecule has 3 atom stereocenters. The second-order valence-electron chi connectivity index (χ2n) is 7.14. The van der Waals surface area contributed by atoms with Gasteiger partial charge in [0, 0.05) is 12.1 Å². The van der Waals surface area contributed by atoms with Crippen LogP contribution in [0.25, 0.3) is 0 Å². The molecule has 0 amide bonds. The van der Waals surface area contributed by atoms with Gasteiger partial charge in [-0.1, -0.05) is 47.5 Å². The van der Waals surface area contributed by atoms with E-state index in [9.17, 15) is 0 Å². The lowest BCUT2D eigenvalue weighted by Crippen LogP contribution is -2.46. The standard InChI is InChI=1S/C16H33N/c1-7-14(8-2)13(4)17-15-9-12(3)10-16(5,6)11-15/h12-15,17H,7-11H2,1-6H3. The van der Waals surface area contributed by atoms with Crippen molar-refractivity contribution >= 4 is 0 Å². The zero-order valence-electron chi connectivity index (χ0n) is 12.8. The van der Waals surface area contributed by atoms with Crippen LogP contribution in [-0.4, -0.2) is 12.1 Å². The maximum atomic E-state index is 3.91. The molecule has 1 nitrogen and oxygen atoms in total. The third kappa shape index (κ3) is 4.62. The first kappa shape index (κ1) is 15.0. The first-order chi connectivity index (χ1) is 7.88. The van der Waals surface area contributed by atoms with Gasteiger partial charge in [0.25, 0.3) is 0 Å². The molecule has 0 saturated heterocycles. The summed E-state index contributed by atoms with van der Waals surface area (Å²) >= 11 is 0. The fourth-order valence-corrected chi connectivity index (χ4v) is 3.98. The second-order valence-corrected chi connectivity index (χ2v) is 7.14. The SMILES string of the molecule is CCC(CC)C(C)NC1CC(C)CC(C)(C)C1. The molecule has 0 aromatic rings. The van der Waals surface area contributed by atoms with Crippen molar-refractivity contribution in [2.75, 3.05) is 0 Å². The minimum absolute atomic E-state index is 0.531. The van der Waals surface area contributed by atoms with Crippen LogP contribution in [0.2, 0.25) is 0 Å². The van der Waals surface area contributed by atoms with E-state index < -0.39 is 0 Å². The average molecular weight is 239 g/mol. The van der Waals surface area contributed by atoms with Crippen molar-refractivity contribution in [2.24, 2.45) is 17.3 Å². The van der Waals surface area contributed by atoms with Gasteiger partial charge < -0.3 is 5.32 Å². The van der Waals surface area contributed by atoms with Gasteiger partial charge in [0.15, 0.2) is 0 Å². The minimum Gasteiger partial charge on any atom is -0.311 e. The van der Waals surface area contributed by atoms with Crippen LogP contribution >= 0.6 is 0 Å². The van der Waals surface area contributed by atoms with Crippen LogP contribution in [-0.2, 0) is 0 Å². The lowest BCUT2D eigenvalue weighted by atomic mass is 9.70. The quantitative estimate of drug-likeness (QED) is 0.738. The zero-order valence-corrected chi connectivity index (χ0v) is 12.8. The summed E-state index contributed by atoms with van der Waals surface area (Å²) in [7, 11) is 0. The molecule has 1 aliphatic carbocycles. The van der Waals surface area contributed by atoms with Crippen LogP contribution in [0.3, 0.4) is 0 Å².